The zero-order chi connectivity index (χ0) is 31.1. The minimum atomic E-state index is -1.20. The fourth-order valence-electron chi connectivity index (χ4n) is 5.11. The van der Waals surface area contributed by atoms with Crippen LogP contribution in [0.15, 0.2) is 24.3 Å². The zero-order valence-electron chi connectivity index (χ0n) is 24.9. The Labute approximate surface area is 247 Å². The smallest absolute Gasteiger partial charge is 0.321 e. The van der Waals surface area contributed by atoms with Crippen LogP contribution in [0.25, 0.3) is 0 Å². The predicted octanol–water partition coefficient (Wildman–Crippen LogP) is -0.521. The molecule has 1 aromatic rings. The van der Waals surface area contributed by atoms with Crippen LogP contribution in [0.2, 0.25) is 0 Å². The van der Waals surface area contributed by atoms with E-state index >= 15 is 0 Å². The van der Waals surface area contributed by atoms with Crippen molar-refractivity contribution in [2.45, 2.75) is 45.2 Å². The van der Waals surface area contributed by atoms with Crippen LogP contribution in [-0.4, -0.2) is 145 Å². The molecule has 42 heavy (non-hydrogen) atoms. The largest absolute Gasteiger partial charge is 0.548 e. The number of nitrogens with zero attached hydrogens (tertiary/aromatic N) is 4. The first kappa shape index (κ1) is 34.9. The van der Waals surface area contributed by atoms with Crippen LogP contribution in [0.1, 0.15) is 32.3 Å². The highest BCUT2D eigenvalue weighted by Gasteiger charge is 2.29. The Balaban J connectivity index is 2.35. The van der Waals surface area contributed by atoms with Crippen LogP contribution in [-0.2, 0) is 30.3 Å². The fraction of sp³-hybridized carbons (Fsp3) is 0.655. The Bertz CT molecular complexity index is 1010. The minimum Gasteiger partial charge on any atom is -0.548 e. The third-order valence-electron chi connectivity index (χ3n) is 7.42. The van der Waals surface area contributed by atoms with Crippen LogP contribution in [0, 0.1) is 0 Å². The van der Waals surface area contributed by atoms with Crippen LogP contribution in [0.4, 0.5) is 0 Å². The molecule has 0 saturated carbocycles. The number of carbonyl (C=O) groups excluding carboxylic acids is 2. The van der Waals surface area contributed by atoms with Crippen molar-refractivity contribution in [3.8, 4) is 5.75 Å². The summed E-state index contributed by atoms with van der Waals surface area (Å²) < 4.78 is 10.4. The molecule has 0 aliphatic carbocycles. The molecule has 1 aliphatic heterocycles. The van der Waals surface area contributed by atoms with Gasteiger partial charge in [-0.3, -0.25) is 34.0 Å². The predicted molar refractivity (Wildman–Crippen MR) is 152 cm³/mol. The Morgan fingerprint density at radius 2 is 1.36 bits per heavy atom. The second-order valence-electron chi connectivity index (χ2n) is 10.4. The van der Waals surface area contributed by atoms with E-state index < -0.39 is 36.0 Å². The number of rotatable bonds is 14. The number of carboxylic acids is 3. The van der Waals surface area contributed by atoms with Gasteiger partial charge in [-0.25, -0.2) is 0 Å². The summed E-state index contributed by atoms with van der Waals surface area (Å²) in [4.78, 5) is 55.5. The number of hydrogen-bond donors (Lipinski definition) is 2. The second-order valence-corrected chi connectivity index (χ2v) is 10.4. The summed E-state index contributed by atoms with van der Waals surface area (Å²) in [7, 11) is 1.29. The molecule has 0 spiro atoms. The molecule has 236 valence electrons. The van der Waals surface area contributed by atoms with Gasteiger partial charge in [0.1, 0.15) is 11.8 Å². The fourth-order valence-corrected chi connectivity index (χ4v) is 5.11. The molecule has 1 heterocycles. The van der Waals surface area contributed by atoms with Gasteiger partial charge in [-0.1, -0.05) is 25.5 Å². The summed E-state index contributed by atoms with van der Waals surface area (Å²) in [6.45, 7) is 6.25. The molecule has 2 rings (SSSR count). The van der Waals surface area contributed by atoms with Gasteiger partial charge in [0.25, 0.3) is 0 Å². The second kappa shape index (κ2) is 18.3. The molecular formula is C29H45N4O9-. The molecule has 1 fully saturated rings. The standard InChI is InChI=1S/C29H46N4O9/c1-4-6-24(28(37)38)32-15-11-30(20-26(34)35)12-17-33(18-14-31(13-16-32)21-27(36)41-3)25(29(39)40)19-22-7-9-23(10-8-22)42-5-2/h7-10,24-25H,4-6,11-21H2,1-3H3,(H,34,35)(H,37,38)(H,39,40)/p-1. The van der Waals surface area contributed by atoms with E-state index in [0.29, 0.717) is 44.8 Å². The molecule has 1 aromatic carbocycles. The average Bonchev–Trinajstić information content (AvgIpc) is 2.94. The number of carbonyl (C=O) groups is 4. The van der Waals surface area contributed by atoms with E-state index in [1.165, 1.54) is 7.11 Å². The van der Waals surface area contributed by atoms with Gasteiger partial charge < -0.3 is 29.6 Å². The van der Waals surface area contributed by atoms with Crippen molar-refractivity contribution in [1.82, 2.24) is 19.6 Å². The molecule has 1 aliphatic rings. The van der Waals surface area contributed by atoms with Crippen molar-refractivity contribution in [1.29, 1.82) is 0 Å². The van der Waals surface area contributed by atoms with Gasteiger partial charge in [0.2, 0.25) is 0 Å². The summed E-state index contributed by atoms with van der Waals surface area (Å²) >= 11 is 0. The third kappa shape index (κ3) is 11.9. The van der Waals surface area contributed by atoms with Crippen LogP contribution < -0.4 is 9.84 Å². The van der Waals surface area contributed by atoms with E-state index in [1.807, 2.05) is 30.9 Å². The van der Waals surface area contributed by atoms with E-state index in [0.717, 1.165) is 5.56 Å². The number of esters is 1. The molecular weight excluding hydrogens is 548 g/mol. The molecule has 2 N–H and O–H groups in total. The maximum atomic E-state index is 12.5. The van der Waals surface area contributed by atoms with Crippen molar-refractivity contribution in [3.63, 3.8) is 0 Å². The Morgan fingerprint density at radius 1 is 0.833 bits per heavy atom. The van der Waals surface area contributed by atoms with Gasteiger partial charge >= 0.3 is 17.9 Å². The molecule has 13 nitrogen and oxygen atoms in total. The van der Waals surface area contributed by atoms with Gasteiger partial charge in [-0.2, -0.15) is 0 Å². The molecule has 0 aromatic heterocycles. The van der Waals surface area contributed by atoms with Crippen molar-refractivity contribution >= 4 is 23.9 Å². The summed E-state index contributed by atoms with van der Waals surface area (Å²) in [6, 6.07) is 5.50. The first-order chi connectivity index (χ1) is 20.1. The topological polar surface area (TPSA) is 163 Å². The minimum absolute atomic E-state index is 0.0380. The highest BCUT2D eigenvalue weighted by Crippen LogP contribution is 2.17. The molecule has 13 heteroatoms. The molecule has 0 radical (unpaired) electrons. The van der Waals surface area contributed by atoms with Crippen molar-refractivity contribution in [3.05, 3.63) is 29.8 Å². The first-order valence-electron chi connectivity index (χ1n) is 14.4. The Kier molecular flexibility index (Phi) is 15.2. The van der Waals surface area contributed by atoms with E-state index in [9.17, 15) is 34.5 Å². The summed E-state index contributed by atoms with van der Waals surface area (Å²) in [5.41, 5.74) is 0.811. The highest BCUT2D eigenvalue weighted by atomic mass is 16.5. The van der Waals surface area contributed by atoms with Crippen molar-refractivity contribution in [2.24, 2.45) is 0 Å². The molecule has 2 atom stereocenters. The summed E-state index contributed by atoms with van der Waals surface area (Å²) in [6.07, 6.45) is 1.22. The molecule has 1 saturated heterocycles. The molecule has 0 bridgehead atoms. The lowest BCUT2D eigenvalue weighted by Gasteiger charge is -2.38. The maximum Gasteiger partial charge on any atom is 0.321 e. The lowest BCUT2D eigenvalue weighted by Crippen LogP contribution is -2.55. The number of ether oxygens (including phenoxy) is 2. The lowest BCUT2D eigenvalue weighted by atomic mass is 10.0. The van der Waals surface area contributed by atoms with Gasteiger partial charge in [0.05, 0.1) is 32.8 Å². The average molecular weight is 594 g/mol. The van der Waals surface area contributed by atoms with E-state index in [2.05, 4.69) is 0 Å². The van der Waals surface area contributed by atoms with Crippen LogP contribution >= 0.6 is 0 Å². The van der Waals surface area contributed by atoms with Crippen molar-refractivity contribution in [2.75, 3.05) is 79.2 Å². The van der Waals surface area contributed by atoms with Crippen LogP contribution in [0.3, 0.4) is 0 Å². The number of methoxy groups -OCH3 is 1. The number of benzene rings is 1. The first-order valence-corrected chi connectivity index (χ1v) is 14.4. The van der Waals surface area contributed by atoms with Crippen LogP contribution in [0.5, 0.6) is 5.75 Å². The van der Waals surface area contributed by atoms with Gasteiger partial charge in [-0.05, 0) is 37.5 Å². The van der Waals surface area contributed by atoms with Gasteiger partial charge in [-0.15, -0.1) is 0 Å². The van der Waals surface area contributed by atoms with E-state index in [4.69, 9.17) is 9.47 Å². The zero-order valence-corrected chi connectivity index (χ0v) is 24.9. The normalized spacial score (nSPS) is 18.3. The summed E-state index contributed by atoms with van der Waals surface area (Å²) in [5.74, 6) is -3.00. The SMILES string of the molecule is CCCC(C(=O)[O-])N1CCN(CC(=O)O)CCN(C(Cc2ccc(OCC)cc2)C(=O)O)CCN(CC(=O)OC)CC1. The van der Waals surface area contributed by atoms with Gasteiger partial charge in [0.15, 0.2) is 0 Å². The Hall–Kier alpha value is -3.26. The van der Waals surface area contributed by atoms with Gasteiger partial charge in [0, 0.05) is 58.4 Å². The van der Waals surface area contributed by atoms with Crippen molar-refractivity contribution < 1.29 is 44.0 Å². The molecule has 2 unspecified atom stereocenters. The number of carboxylic acid groups (broad SMARTS) is 3. The number of aliphatic carboxylic acids is 3. The summed E-state index contributed by atoms with van der Waals surface area (Å²) in [5, 5.41) is 31.8. The quantitative estimate of drug-likeness (QED) is 0.265. The number of hydrogen-bond acceptors (Lipinski definition) is 11. The Morgan fingerprint density at radius 3 is 1.79 bits per heavy atom. The molecule has 0 amide bonds. The van der Waals surface area contributed by atoms with E-state index in [1.54, 1.807) is 26.8 Å². The van der Waals surface area contributed by atoms with E-state index in [-0.39, 0.29) is 52.2 Å². The maximum absolute atomic E-state index is 12.5. The third-order valence-corrected chi connectivity index (χ3v) is 7.42. The monoisotopic (exact) mass is 593 g/mol. The lowest BCUT2D eigenvalue weighted by molar-refractivity contribution is -0.312. The highest BCUT2D eigenvalue weighted by molar-refractivity contribution is 5.74.